The molecule has 2 aromatic rings. The van der Waals surface area contributed by atoms with Crippen molar-refractivity contribution in [3.05, 3.63) is 52.5 Å². The maximum atomic E-state index is 12.2. The highest BCUT2D eigenvalue weighted by molar-refractivity contribution is 7.99. The molecule has 35 heavy (non-hydrogen) atoms. The summed E-state index contributed by atoms with van der Waals surface area (Å²) in [6.07, 6.45) is 0.426. The lowest BCUT2D eigenvalue weighted by molar-refractivity contribution is 0.0406. The topological polar surface area (TPSA) is 94.1 Å². The highest BCUT2D eigenvalue weighted by Crippen LogP contribution is 2.37. The molecule has 0 saturated carbocycles. The number of nitrogens with one attached hydrogen (secondary N) is 1. The van der Waals surface area contributed by atoms with Gasteiger partial charge in [-0.1, -0.05) is 29.4 Å². The quantitative estimate of drug-likeness (QED) is 0.280. The van der Waals surface area contributed by atoms with E-state index in [1.807, 2.05) is 18.2 Å². The minimum Gasteiger partial charge on any atom is -0.466 e. The van der Waals surface area contributed by atoms with Crippen LogP contribution in [-0.4, -0.2) is 48.6 Å². The molecule has 1 atom stereocenters. The zero-order valence-electron chi connectivity index (χ0n) is 21.1. The van der Waals surface area contributed by atoms with E-state index in [2.05, 4.69) is 5.32 Å². The Bertz CT molecular complexity index is 1040. The van der Waals surface area contributed by atoms with Crippen LogP contribution in [0.25, 0.3) is 0 Å². The minimum absolute atomic E-state index is 0.0366. The molecule has 0 aromatic heterocycles. The highest BCUT2D eigenvalue weighted by Gasteiger charge is 2.28. The van der Waals surface area contributed by atoms with Gasteiger partial charge in [-0.05, 0) is 83.4 Å². The van der Waals surface area contributed by atoms with Crippen LogP contribution in [0, 0.1) is 0 Å². The van der Waals surface area contributed by atoms with Gasteiger partial charge in [-0.2, -0.15) is 0 Å². The molecule has 2 aromatic carbocycles. The summed E-state index contributed by atoms with van der Waals surface area (Å²) in [5.74, 6) is 0.569. The molecule has 7 nitrogen and oxygen atoms in total. The van der Waals surface area contributed by atoms with Gasteiger partial charge in [0.25, 0.3) is 0 Å². The molecule has 0 radical (unpaired) electrons. The van der Waals surface area contributed by atoms with Crippen LogP contribution in [0.5, 0.6) is 5.75 Å². The molecule has 192 valence electrons. The molecule has 0 fully saturated rings. The van der Waals surface area contributed by atoms with Crippen molar-refractivity contribution in [2.45, 2.75) is 68.4 Å². The summed E-state index contributed by atoms with van der Waals surface area (Å²) in [5.41, 5.74) is -0.0223. The van der Waals surface area contributed by atoms with Gasteiger partial charge >= 0.3 is 6.09 Å². The number of hydrogen-bond acceptors (Lipinski definition) is 7. The summed E-state index contributed by atoms with van der Waals surface area (Å²) in [6, 6.07) is 11.0. The number of Topliss-reactive ketones (excluding diaryl/α,β-unsaturated/α-hetero) is 1. The SMILES string of the molecule is COCOc1ccc(C(C)=O)cc1Sc1ccc(CC[C@@](C)(CO)NC(=O)OC(C)(C)C)c(Cl)c1. The van der Waals surface area contributed by atoms with Crippen LogP contribution in [0.4, 0.5) is 4.79 Å². The molecule has 0 heterocycles. The predicted molar refractivity (Wildman–Crippen MR) is 138 cm³/mol. The van der Waals surface area contributed by atoms with Crippen molar-refractivity contribution in [3.63, 3.8) is 0 Å². The van der Waals surface area contributed by atoms with Crippen LogP contribution in [0.15, 0.2) is 46.2 Å². The number of aliphatic hydroxyl groups is 1. The van der Waals surface area contributed by atoms with Crippen LogP contribution in [-0.2, 0) is 15.9 Å². The summed E-state index contributed by atoms with van der Waals surface area (Å²) in [7, 11) is 1.54. The molecule has 0 aliphatic carbocycles. The van der Waals surface area contributed by atoms with E-state index < -0.39 is 17.2 Å². The van der Waals surface area contributed by atoms with Crippen molar-refractivity contribution < 1.29 is 28.9 Å². The Hall–Kier alpha value is -2.26. The lowest BCUT2D eigenvalue weighted by Crippen LogP contribution is -2.50. The van der Waals surface area contributed by atoms with Gasteiger partial charge in [-0.25, -0.2) is 4.79 Å². The van der Waals surface area contributed by atoms with Gasteiger partial charge in [0.05, 0.1) is 17.0 Å². The Morgan fingerprint density at radius 2 is 1.83 bits per heavy atom. The Kier molecular flexibility index (Phi) is 10.5. The maximum Gasteiger partial charge on any atom is 0.408 e. The first-order valence-corrected chi connectivity index (χ1v) is 12.4. The molecule has 2 rings (SSSR count). The third-order valence-electron chi connectivity index (χ3n) is 5.03. The van der Waals surface area contributed by atoms with Crippen LogP contribution in [0.1, 0.15) is 57.0 Å². The number of halogens is 1. The van der Waals surface area contributed by atoms with Crippen molar-refractivity contribution in [1.82, 2.24) is 5.32 Å². The van der Waals surface area contributed by atoms with Crippen LogP contribution < -0.4 is 10.1 Å². The van der Waals surface area contributed by atoms with Gasteiger partial charge in [0.15, 0.2) is 12.6 Å². The number of amides is 1. The lowest BCUT2D eigenvalue weighted by atomic mass is 9.94. The van der Waals surface area contributed by atoms with Gasteiger partial charge in [0.1, 0.15) is 11.4 Å². The first kappa shape index (κ1) is 29.0. The van der Waals surface area contributed by atoms with Crippen molar-refractivity contribution in [2.24, 2.45) is 0 Å². The average molecular weight is 524 g/mol. The van der Waals surface area contributed by atoms with Crippen molar-refractivity contribution in [3.8, 4) is 5.75 Å². The largest absolute Gasteiger partial charge is 0.466 e. The number of carbonyl (C=O) groups excluding carboxylic acids is 2. The van der Waals surface area contributed by atoms with Crippen LogP contribution in [0.2, 0.25) is 5.02 Å². The van der Waals surface area contributed by atoms with Gasteiger partial charge < -0.3 is 24.6 Å². The summed E-state index contributed by atoms with van der Waals surface area (Å²) in [4.78, 5) is 25.7. The molecule has 0 unspecified atom stereocenters. The summed E-state index contributed by atoms with van der Waals surface area (Å²) in [5, 5.41) is 13.2. The van der Waals surface area contributed by atoms with Crippen LogP contribution in [0.3, 0.4) is 0 Å². The summed E-state index contributed by atoms with van der Waals surface area (Å²) < 4.78 is 16.0. The third kappa shape index (κ3) is 9.37. The molecule has 0 spiro atoms. The fourth-order valence-corrected chi connectivity index (χ4v) is 4.43. The number of ether oxygens (including phenoxy) is 3. The van der Waals surface area contributed by atoms with Crippen molar-refractivity contribution in [2.75, 3.05) is 20.5 Å². The number of carbonyl (C=O) groups is 2. The fraction of sp³-hybridized carbons (Fsp3) is 0.462. The van der Waals surface area contributed by atoms with Gasteiger partial charge in [0, 0.05) is 22.6 Å². The molecular weight excluding hydrogens is 490 g/mol. The molecule has 9 heteroatoms. The van der Waals surface area contributed by atoms with Crippen molar-refractivity contribution >= 4 is 35.2 Å². The second-order valence-corrected chi connectivity index (χ2v) is 11.0. The minimum atomic E-state index is -0.861. The Morgan fingerprint density at radius 3 is 2.40 bits per heavy atom. The van der Waals surface area contributed by atoms with Gasteiger partial charge in [-0.15, -0.1) is 0 Å². The number of aryl methyl sites for hydroxylation is 1. The number of rotatable bonds is 11. The monoisotopic (exact) mass is 523 g/mol. The number of methoxy groups -OCH3 is 1. The maximum absolute atomic E-state index is 12.2. The van der Waals surface area contributed by atoms with E-state index in [0.717, 1.165) is 15.4 Å². The molecule has 1 amide bonds. The normalized spacial score (nSPS) is 13.1. The third-order valence-corrected chi connectivity index (χ3v) is 6.41. The van der Waals surface area contributed by atoms with E-state index in [1.165, 1.54) is 18.7 Å². The van der Waals surface area contributed by atoms with E-state index in [-0.39, 0.29) is 19.2 Å². The first-order chi connectivity index (χ1) is 16.4. The number of hydrogen-bond donors (Lipinski definition) is 2. The Morgan fingerprint density at radius 1 is 1.11 bits per heavy atom. The molecule has 0 bridgehead atoms. The second kappa shape index (κ2) is 12.6. The lowest BCUT2D eigenvalue weighted by Gasteiger charge is -2.30. The van der Waals surface area contributed by atoms with Crippen molar-refractivity contribution in [1.29, 1.82) is 0 Å². The van der Waals surface area contributed by atoms with E-state index in [9.17, 15) is 14.7 Å². The Labute approximate surface area is 216 Å². The fourth-order valence-electron chi connectivity index (χ4n) is 3.11. The predicted octanol–water partition coefficient (Wildman–Crippen LogP) is 5.88. The van der Waals surface area contributed by atoms with E-state index in [1.54, 1.807) is 53.0 Å². The Balaban J connectivity index is 2.13. The second-order valence-electron chi connectivity index (χ2n) is 9.47. The molecule has 0 saturated heterocycles. The number of alkyl carbamates (subject to hydrolysis) is 1. The van der Waals surface area contributed by atoms with E-state index in [4.69, 9.17) is 25.8 Å². The summed E-state index contributed by atoms with van der Waals surface area (Å²) >= 11 is 8.00. The average Bonchev–Trinajstić information content (AvgIpc) is 2.76. The molecular formula is C26H34ClNO6S. The molecule has 0 aliphatic heterocycles. The molecule has 0 aliphatic rings. The smallest absolute Gasteiger partial charge is 0.408 e. The zero-order valence-corrected chi connectivity index (χ0v) is 22.6. The highest BCUT2D eigenvalue weighted by atomic mass is 35.5. The zero-order chi connectivity index (χ0) is 26.2. The number of aliphatic hydroxyl groups excluding tert-OH is 1. The molecule has 2 N–H and O–H groups in total. The number of ketones is 1. The van der Waals surface area contributed by atoms with Crippen LogP contribution >= 0.6 is 23.4 Å². The van der Waals surface area contributed by atoms with Gasteiger partial charge in [0.2, 0.25) is 0 Å². The first-order valence-electron chi connectivity index (χ1n) is 11.2. The summed E-state index contributed by atoms with van der Waals surface area (Å²) in [6.45, 7) is 8.48. The van der Waals surface area contributed by atoms with E-state index >= 15 is 0 Å². The van der Waals surface area contributed by atoms with Gasteiger partial charge in [-0.3, -0.25) is 4.79 Å². The standard InChI is InChI=1S/C26H34ClNO6S/c1-17(30)19-8-10-22(33-16-32-6)23(13-19)35-20-9-7-18(21(27)14-20)11-12-26(5,15-29)28-24(31)34-25(2,3)4/h7-10,13-14,29H,11-12,15-16H2,1-6H3,(H,28,31)/t26-/m0/s1. The number of benzene rings is 2. The van der Waals surface area contributed by atoms with E-state index in [0.29, 0.717) is 29.2 Å².